The van der Waals surface area contributed by atoms with Gasteiger partial charge in [-0.25, -0.2) is 4.79 Å². The third-order valence-electron chi connectivity index (χ3n) is 4.50. The lowest BCUT2D eigenvalue weighted by Gasteiger charge is -2.49. The quantitative estimate of drug-likeness (QED) is 0.562. The van der Waals surface area contributed by atoms with Crippen molar-refractivity contribution in [2.75, 3.05) is 5.75 Å². The molecule has 2 amide bonds. The zero-order valence-electron chi connectivity index (χ0n) is 16.5. The van der Waals surface area contributed by atoms with Crippen LogP contribution in [0.5, 0.6) is 0 Å². The molecule has 0 aromatic heterocycles. The maximum Gasteiger partial charge on any atom is 0.355 e. The van der Waals surface area contributed by atoms with E-state index in [9.17, 15) is 19.5 Å². The molecule has 2 N–H and O–H groups in total. The molecule has 8 heteroatoms. The Balaban J connectivity index is 1.75. The Morgan fingerprint density at radius 2 is 2.00 bits per heavy atom. The van der Waals surface area contributed by atoms with Crippen molar-refractivity contribution in [3.05, 3.63) is 59.8 Å². The second-order valence-electron chi connectivity index (χ2n) is 7.79. The van der Waals surface area contributed by atoms with Gasteiger partial charge in [0.15, 0.2) is 6.10 Å². The standard InChI is InChI=1S/C21H24N2O5S/c1-5-12-11-29-19-14(22-17(25)16(24)13-9-7-6-8-10-13)18(26)23(19)15(12)20(27)28-21(2,3)4/h5-10,14,16,19,24H,1,11H2,2-4H3,(H,22,25)/t14-,16?,19+/m1/s1. The number of nitrogens with zero attached hydrogens (tertiary/aromatic N) is 1. The SMILES string of the molecule is C=CC1=C(C(=O)OC(C)(C)C)N2C(=O)[C@@H](NC(=O)C(O)c3ccccc3)[C@@H]2SC1. The summed E-state index contributed by atoms with van der Waals surface area (Å²) in [6.45, 7) is 8.98. The average Bonchev–Trinajstić information content (AvgIpc) is 2.69. The van der Waals surface area contributed by atoms with Gasteiger partial charge in [0.05, 0.1) is 0 Å². The van der Waals surface area contributed by atoms with Crippen molar-refractivity contribution >= 4 is 29.5 Å². The van der Waals surface area contributed by atoms with Gasteiger partial charge < -0.3 is 15.2 Å². The van der Waals surface area contributed by atoms with E-state index in [1.807, 2.05) is 0 Å². The van der Waals surface area contributed by atoms with Crippen molar-refractivity contribution in [2.24, 2.45) is 0 Å². The number of fused-ring (bicyclic) bond motifs is 1. The normalized spacial score (nSPS) is 22.3. The number of esters is 1. The number of thioether (sulfide) groups is 1. The summed E-state index contributed by atoms with van der Waals surface area (Å²) in [7, 11) is 0. The van der Waals surface area contributed by atoms with Crippen LogP contribution in [-0.4, -0.2) is 50.6 Å². The van der Waals surface area contributed by atoms with Gasteiger partial charge in [0.1, 0.15) is 22.7 Å². The summed E-state index contributed by atoms with van der Waals surface area (Å²) in [5.74, 6) is -1.22. The number of rotatable bonds is 5. The molecule has 2 aliphatic rings. The fraction of sp³-hybridized carbons (Fsp3) is 0.381. The number of β-lactam (4-membered cyclic amide) rings is 1. The van der Waals surface area contributed by atoms with E-state index in [0.29, 0.717) is 16.9 Å². The average molecular weight is 416 g/mol. The van der Waals surface area contributed by atoms with Crippen molar-refractivity contribution < 1.29 is 24.2 Å². The number of hydrogen-bond donors (Lipinski definition) is 2. The van der Waals surface area contributed by atoms with Gasteiger partial charge in [0.25, 0.3) is 11.8 Å². The van der Waals surface area contributed by atoms with E-state index >= 15 is 0 Å². The van der Waals surface area contributed by atoms with Gasteiger partial charge >= 0.3 is 5.97 Å². The molecule has 3 atom stereocenters. The molecule has 0 radical (unpaired) electrons. The van der Waals surface area contributed by atoms with E-state index in [1.165, 1.54) is 16.7 Å². The van der Waals surface area contributed by atoms with Crippen LogP contribution >= 0.6 is 11.8 Å². The predicted molar refractivity (Wildman–Crippen MR) is 109 cm³/mol. The first-order valence-electron chi connectivity index (χ1n) is 9.21. The molecule has 1 aromatic rings. The molecule has 1 aromatic carbocycles. The largest absolute Gasteiger partial charge is 0.455 e. The number of carbonyl (C=O) groups excluding carboxylic acids is 3. The summed E-state index contributed by atoms with van der Waals surface area (Å²) >= 11 is 1.42. The summed E-state index contributed by atoms with van der Waals surface area (Å²) in [4.78, 5) is 39.2. The number of allylic oxidation sites excluding steroid dienone is 1. The molecule has 1 fully saturated rings. The topological polar surface area (TPSA) is 95.9 Å². The maximum atomic E-state index is 12.8. The molecule has 0 aliphatic carbocycles. The number of amides is 2. The summed E-state index contributed by atoms with van der Waals surface area (Å²) < 4.78 is 5.45. The first kappa shape index (κ1) is 21.1. The molecule has 29 heavy (non-hydrogen) atoms. The van der Waals surface area contributed by atoms with Crippen LogP contribution in [0.3, 0.4) is 0 Å². The Bertz CT molecular complexity index is 875. The zero-order valence-corrected chi connectivity index (χ0v) is 17.4. The smallest absolute Gasteiger partial charge is 0.355 e. The van der Waals surface area contributed by atoms with Crippen molar-refractivity contribution in [3.63, 3.8) is 0 Å². The molecule has 7 nitrogen and oxygen atoms in total. The number of ether oxygens (including phenoxy) is 1. The second kappa shape index (κ2) is 8.04. The molecule has 0 spiro atoms. The van der Waals surface area contributed by atoms with Gasteiger partial charge in [-0.05, 0) is 31.9 Å². The van der Waals surface area contributed by atoms with Crippen LogP contribution in [-0.2, 0) is 19.1 Å². The lowest BCUT2D eigenvalue weighted by atomic mass is 10.0. The Labute approximate surface area is 173 Å². The summed E-state index contributed by atoms with van der Waals surface area (Å²) in [6, 6.07) is 7.65. The van der Waals surface area contributed by atoms with Crippen LogP contribution in [0.2, 0.25) is 0 Å². The molecule has 0 saturated carbocycles. The van der Waals surface area contributed by atoms with Crippen LogP contribution < -0.4 is 5.32 Å². The van der Waals surface area contributed by atoms with E-state index in [0.717, 1.165) is 0 Å². The molecule has 0 bridgehead atoms. The fourth-order valence-corrected chi connectivity index (χ4v) is 4.47. The minimum Gasteiger partial charge on any atom is -0.455 e. The Morgan fingerprint density at radius 3 is 2.59 bits per heavy atom. The minimum atomic E-state index is -1.38. The maximum absolute atomic E-state index is 12.8. The number of benzene rings is 1. The van der Waals surface area contributed by atoms with E-state index < -0.39 is 40.9 Å². The molecule has 1 saturated heterocycles. The van der Waals surface area contributed by atoms with Crippen LogP contribution in [0.15, 0.2) is 54.3 Å². The van der Waals surface area contributed by atoms with Crippen molar-refractivity contribution in [1.29, 1.82) is 0 Å². The third-order valence-corrected chi connectivity index (χ3v) is 5.80. The monoisotopic (exact) mass is 416 g/mol. The Kier molecular flexibility index (Phi) is 5.86. The van der Waals surface area contributed by atoms with E-state index in [-0.39, 0.29) is 5.70 Å². The Morgan fingerprint density at radius 1 is 1.34 bits per heavy atom. The lowest BCUT2D eigenvalue weighted by Crippen LogP contribution is -2.71. The molecule has 2 aliphatic heterocycles. The van der Waals surface area contributed by atoms with Crippen LogP contribution in [0, 0.1) is 0 Å². The molecular weight excluding hydrogens is 392 g/mol. The minimum absolute atomic E-state index is 0.165. The second-order valence-corrected chi connectivity index (χ2v) is 8.89. The number of aliphatic hydroxyl groups is 1. The van der Waals surface area contributed by atoms with Crippen molar-refractivity contribution in [3.8, 4) is 0 Å². The third kappa shape index (κ3) is 4.23. The zero-order chi connectivity index (χ0) is 21.3. The molecule has 2 heterocycles. The van der Waals surface area contributed by atoms with E-state index in [4.69, 9.17) is 4.74 Å². The Hall–Kier alpha value is -2.58. The first-order chi connectivity index (χ1) is 13.6. The highest BCUT2D eigenvalue weighted by Gasteiger charge is 2.54. The lowest BCUT2D eigenvalue weighted by molar-refractivity contribution is -0.159. The van der Waals surface area contributed by atoms with Gasteiger partial charge in [-0.3, -0.25) is 14.5 Å². The van der Waals surface area contributed by atoms with Crippen LogP contribution in [0.25, 0.3) is 0 Å². The molecule has 154 valence electrons. The highest BCUT2D eigenvalue weighted by atomic mass is 32.2. The van der Waals surface area contributed by atoms with Crippen molar-refractivity contribution in [2.45, 2.75) is 43.9 Å². The molecular formula is C21H24N2O5S. The van der Waals surface area contributed by atoms with Gasteiger partial charge in [-0.1, -0.05) is 43.0 Å². The van der Waals surface area contributed by atoms with E-state index in [1.54, 1.807) is 57.2 Å². The van der Waals surface area contributed by atoms with E-state index in [2.05, 4.69) is 11.9 Å². The van der Waals surface area contributed by atoms with Crippen LogP contribution in [0.1, 0.15) is 32.4 Å². The summed E-state index contributed by atoms with van der Waals surface area (Å²) in [5, 5.41) is 12.4. The van der Waals surface area contributed by atoms with Crippen LogP contribution in [0.4, 0.5) is 0 Å². The number of carbonyl (C=O) groups is 3. The van der Waals surface area contributed by atoms with Crippen molar-refractivity contribution in [1.82, 2.24) is 10.2 Å². The fourth-order valence-electron chi connectivity index (χ4n) is 3.13. The highest BCUT2D eigenvalue weighted by Crippen LogP contribution is 2.41. The number of hydrogen-bond acceptors (Lipinski definition) is 6. The number of aliphatic hydroxyl groups excluding tert-OH is 1. The summed E-state index contributed by atoms with van der Waals surface area (Å²) in [5.41, 5.74) is 0.506. The van der Waals surface area contributed by atoms with Gasteiger partial charge in [0, 0.05) is 5.75 Å². The summed E-state index contributed by atoms with van der Waals surface area (Å²) in [6.07, 6.45) is 0.164. The van der Waals surface area contributed by atoms with Gasteiger partial charge in [-0.15, -0.1) is 11.8 Å². The molecule has 3 rings (SSSR count). The number of nitrogens with one attached hydrogen (secondary N) is 1. The molecule has 1 unspecified atom stereocenters. The highest BCUT2D eigenvalue weighted by molar-refractivity contribution is 8.00. The predicted octanol–water partition coefficient (Wildman–Crippen LogP) is 1.90. The van der Waals surface area contributed by atoms with Gasteiger partial charge in [-0.2, -0.15) is 0 Å². The first-order valence-corrected chi connectivity index (χ1v) is 10.3. The van der Waals surface area contributed by atoms with Gasteiger partial charge in [0.2, 0.25) is 0 Å².